The number of quaternary nitrogens is 1. The fraction of sp³-hybridized carbons (Fsp3) is 0.500. The van der Waals surface area contributed by atoms with E-state index in [0.29, 0.717) is 12.1 Å². The molecule has 1 heterocycles. The van der Waals surface area contributed by atoms with Crippen LogP contribution in [0.2, 0.25) is 0 Å². The van der Waals surface area contributed by atoms with E-state index >= 15 is 0 Å². The highest BCUT2D eigenvalue weighted by Gasteiger charge is 2.08. The number of aryl methyl sites for hydroxylation is 3. The molecule has 0 saturated heterocycles. The highest BCUT2D eigenvalue weighted by molar-refractivity contribution is 5.16. The van der Waals surface area contributed by atoms with Crippen LogP contribution in [-0.2, 0) is 17.9 Å². The van der Waals surface area contributed by atoms with Crippen LogP contribution in [-0.4, -0.2) is 40.7 Å². The van der Waals surface area contributed by atoms with Gasteiger partial charge in [-0.2, -0.15) is 5.10 Å². The van der Waals surface area contributed by atoms with Crippen molar-refractivity contribution in [2.45, 2.75) is 39.5 Å². The van der Waals surface area contributed by atoms with E-state index in [1.54, 1.807) is 18.2 Å². The van der Waals surface area contributed by atoms with E-state index in [1.165, 1.54) is 11.8 Å². The summed E-state index contributed by atoms with van der Waals surface area (Å²) in [5, 5.41) is 16.4. The summed E-state index contributed by atoms with van der Waals surface area (Å²) in [5.74, 6) is -0.275. The Balaban J connectivity index is 1.54. The lowest BCUT2D eigenvalue weighted by molar-refractivity contribution is -0.661. The zero-order chi connectivity index (χ0) is 17.4. The van der Waals surface area contributed by atoms with Crippen molar-refractivity contribution in [2.75, 3.05) is 19.7 Å². The molecule has 0 unspecified atom stereocenters. The summed E-state index contributed by atoms with van der Waals surface area (Å²) < 4.78 is 20.8. The van der Waals surface area contributed by atoms with Crippen molar-refractivity contribution in [3.05, 3.63) is 53.1 Å². The molecule has 5 nitrogen and oxygen atoms in total. The molecule has 0 amide bonds. The standard InChI is InChI=1S/C18H26FN3O2/c1-14-10-15(2)22(21-14)9-5-8-20-11-17(23)13-24-12-16-6-3-4-7-18(16)19/h3-4,6-7,10,17,20,23H,5,8-9,11-13H2,1-2H3/p+1/t17-/m0/s1. The Morgan fingerprint density at radius 2 is 2.12 bits per heavy atom. The maximum Gasteiger partial charge on any atom is 0.128 e. The second-order valence-electron chi connectivity index (χ2n) is 6.08. The number of hydrogen-bond acceptors (Lipinski definition) is 3. The molecule has 0 bridgehead atoms. The first-order valence-corrected chi connectivity index (χ1v) is 8.38. The molecule has 132 valence electrons. The summed E-state index contributed by atoms with van der Waals surface area (Å²) in [4.78, 5) is 0. The predicted molar refractivity (Wildman–Crippen MR) is 90.0 cm³/mol. The highest BCUT2D eigenvalue weighted by Crippen LogP contribution is 2.07. The van der Waals surface area contributed by atoms with E-state index in [0.717, 1.165) is 25.2 Å². The average Bonchev–Trinajstić information content (AvgIpc) is 2.86. The molecule has 0 aliphatic heterocycles. The molecule has 6 heteroatoms. The maximum absolute atomic E-state index is 13.4. The van der Waals surface area contributed by atoms with E-state index in [9.17, 15) is 9.50 Å². The first-order valence-electron chi connectivity index (χ1n) is 8.38. The van der Waals surface area contributed by atoms with E-state index in [2.05, 4.69) is 23.4 Å². The lowest BCUT2D eigenvalue weighted by Crippen LogP contribution is -2.86. The van der Waals surface area contributed by atoms with Crippen LogP contribution in [0, 0.1) is 19.7 Å². The number of aliphatic hydroxyl groups is 1. The highest BCUT2D eigenvalue weighted by atomic mass is 19.1. The molecular formula is C18H27FN3O2+. The van der Waals surface area contributed by atoms with Gasteiger partial charge in [0.2, 0.25) is 0 Å². The zero-order valence-electron chi connectivity index (χ0n) is 14.4. The van der Waals surface area contributed by atoms with Crippen LogP contribution >= 0.6 is 0 Å². The summed E-state index contributed by atoms with van der Waals surface area (Å²) in [6.07, 6.45) is 0.440. The topological polar surface area (TPSA) is 63.9 Å². The van der Waals surface area contributed by atoms with Gasteiger partial charge in [0.25, 0.3) is 0 Å². The Morgan fingerprint density at radius 1 is 1.33 bits per heavy atom. The molecule has 2 aromatic rings. The van der Waals surface area contributed by atoms with Gasteiger partial charge in [-0.1, -0.05) is 18.2 Å². The number of ether oxygens (including phenoxy) is 1. The van der Waals surface area contributed by atoms with Crippen molar-refractivity contribution in [3.8, 4) is 0 Å². The van der Waals surface area contributed by atoms with Crippen LogP contribution in [0.5, 0.6) is 0 Å². The second kappa shape index (κ2) is 9.52. The van der Waals surface area contributed by atoms with Gasteiger partial charge in [0.1, 0.15) is 18.5 Å². The van der Waals surface area contributed by atoms with Gasteiger partial charge in [0.05, 0.1) is 25.5 Å². The van der Waals surface area contributed by atoms with Crippen molar-refractivity contribution in [3.63, 3.8) is 0 Å². The first kappa shape index (κ1) is 18.6. The summed E-state index contributed by atoms with van der Waals surface area (Å²) >= 11 is 0. The summed E-state index contributed by atoms with van der Waals surface area (Å²) in [5.41, 5.74) is 2.73. The van der Waals surface area contributed by atoms with Crippen molar-refractivity contribution < 1.29 is 19.6 Å². The molecule has 1 aromatic heterocycles. The molecule has 1 aromatic carbocycles. The number of rotatable bonds is 10. The van der Waals surface area contributed by atoms with Crippen LogP contribution < -0.4 is 5.32 Å². The third-order valence-corrected chi connectivity index (χ3v) is 3.85. The minimum absolute atomic E-state index is 0.182. The maximum atomic E-state index is 13.4. The van der Waals surface area contributed by atoms with Crippen molar-refractivity contribution in [2.24, 2.45) is 0 Å². The first-order chi connectivity index (χ1) is 11.6. The largest absolute Gasteiger partial charge is 0.385 e. The Bertz CT molecular complexity index is 630. The number of benzene rings is 1. The lowest BCUT2D eigenvalue weighted by atomic mass is 10.2. The third-order valence-electron chi connectivity index (χ3n) is 3.85. The Morgan fingerprint density at radius 3 is 2.83 bits per heavy atom. The third kappa shape index (κ3) is 6.03. The van der Waals surface area contributed by atoms with Crippen molar-refractivity contribution in [1.29, 1.82) is 0 Å². The van der Waals surface area contributed by atoms with E-state index in [1.807, 2.05) is 11.6 Å². The van der Waals surface area contributed by atoms with Gasteiger partial charge in [-0.15, -0.1) is 0 Å². The molecule has 1 atom stereocenters. The molecule has 24 heavy (non-hydrogen) atoms. The number of aromatic nitrogens is 2. The van der Waals surface area contributed by atoms with Gasteiger partial charge in [-0.05, 0) is 26.0 Å². The molecule has 0 spiro atoms. The van der Waals surface area contributed by atoms with Gasteiger partial charge in [-0.3, -0.25) is 4.68 Å². The summed E-state index contributed by atoms with van der Waals surface area (Å²) in [6, 6.07) is 8.59. The number of nitrogens with zero attached hydrogens (tertiary/aromatic N) is 2. The lowest BCUT2D eigenvalue weighted by Gasteiger charge is -2.11. The van der Waals surface area contributed by atoms with Crippen molar-refractivity contribution >= 4 is 0 Å². The Kier molecular flexibility index (Phi) is 7.36. The number of hydrogen-bond donors (Lipinski definition) is 2. The molecule has 0 radical (unpaired) electrons. The minimum Gasteiger partial charge on any atom is -0.385 e. The van der Waals surface area contributed by atoms with Gasteiger partial charge >= 0.3 is 0 Å². The van der Waals surface area contributed by atoms with E-state index in [-0.39, 0.29) is 19.0 Å². The van der Waals surface area contributed by atoms with Gasteiger partial charge in [-0.25, -0.2) is 4.39 Å². The van der Waals surface area contributed by atoms with Crippen LogP contribution in [0.1, 0.15) is 23.4 Å². The minimum atomic E-state index is -0.551. The molecule has 0 aliphatic carbocycles. The fourth-order valence-electron chi connectivity index (χ4n) is 2.59. The number of nitrogens with two attached hydrogens (primary N) is 1. The van der Waals surface area contributed by atoms with Gasteiger partial charge in [0, 0.05) is 24.2 Å². The van der Waals surface area contributed by atoms with Gasteiger partial charge in [0.15, 0.2) is 0 Å². The predicted octanol–water partition coefficient (Wildman–Crippen LogP) is 1.17. The number of aliphatic hydroxyl groups excluding tert-OH is 1. The molecule has 3 N–H and O–H groups in total. The van der Waals surface area contributed by atoms with Crippen LogP contribution in [0.15, 0.2) is 30.3 Å². The normalized spacial score (nSPS) is 12.5. The van der Waals surface area contributed by atoms with Crippen LogP contribution in [0.3, 0.4) is 0 Å². The van der Waals surface area contributed by atoms with Crippen molar-refractivity contribution in [1.82, 2.24) is 9.78 Å². The molecular weight excluding hydrogens is 309 g/mol. The Labute approximate surface area is 142 Å². The van der Waals surface area contributed by atoms with E-state index in [4.69, 9.17) is 4.74 Å². The van der Waals surface area contributed by atoms with Gasteiger partial charge < -0.3 is 15.2 Å². The molecule has 0 saturated carbocycles. The van der Waals surface area contributed by atoms with Crippen LogP contribution in [0.4, 0.5) is 4.39 Å². The number of halogens is 1. The summed E-state index contributed by atoms with van der Waals surface area (Å²) in [7, 11) is 0. The monoisotopic (exact) mass is 336 g/mol. The van der Waals surface area contributed by atoms with Crippen LogP contribution in [0.25, 0.3) is 0 Å². The molecule has 0 aliphatic rings. The molecule has 2 rings (SSSR count). The smallest absolute Gasteiger partial charge is 0.128 e. The van der Waals surface area contributed by atoms with E-state index < -0.39 is 6.10 Å². The zero-order valence-corrected chi connectivity index (χ0v) is 14.4. The SMILES string of the molecule is Cc1cc(C)n(CCC[NH2+]C[C@H](O)COCc2ccccc2F)n1. The summed E-state index contributed by atoms with van der Waals surface area (Å²) in [6.45, 7) is 6.82. The molecule has 0 fully saturated rings. The fourth-order valence-corrected chi connectivity index (χ4v) is 2.59. The Hall–Kier alpha value is -1.76. The average molecular weight is 336 g/mol. The quantitative estimate of drug-likeness (QED) is 0.640. The second-order valence-corrected chi connectivity index (χ2v) is 6.08.